The third-order valence-corrected chi connectivity index (χ3v) is 3.62. The van der Waals surface area contributed by atoms with Gasteiger partial charge < -0.3 is 14.7 Å². The highest BCUT2D eigenvalue weighted by Gasteiger charge is 2.34. The average molecular weight is 278 g/mol. The summed E-state index contributed by atoms with van der Waals surface area (Å²) in [4.78, 5) is 18.2. The van der Waals surface area contributed by atoms with E-state index < -0.39 is 5.60 Å². The number of hydrogen-bond acceptors (Lipinski definition) is 4. The topological polar surface area (TPSA) is 62.7 Å². The first-order chi connectivity index (χ1) is 9.41. The molecular formula is C15H22N2O3. The summed E-state index contributed by atoms with van der Waals surface area (Å²) in [6, 6.07) is 3.35. The Morgan fingerprint density at radius 1 is 1.65 bits per heavy atom. The zero-order valence-electron chi connectivity index (χ0n) is 12.3. The van der Waals surface area contributed by atoms with Gasteiger partial charge in [-0.1, -0.05) is 6.92 Å². The number of nitrogens with zero attached hydrogens (tertiary/aromatic N) is 2. The normalized spacial score (nSPS) is 23.7. The first kappa shape index (κ1) is 14.8. The smallest absolute Gasteiger partial charge is 0.254 e. The van der Waals surface area contributed by atoms with E-state index in [0.29, 0.717) is 31.0 Å². The highest BCUT2D eigenvalue weighted by molar-refractivity contribution is 5.94. The van der Waals surface area contributed by atoms with Crippen LogP contribution >= 0.6 is 0 Å². The van der Waals surface area contributed by atoms with Gasteiger partial charge in [0.05, 0.1) is 11.7 Å². The number of aliphatic hydroxyl groups is 1. The molecule has 20 heavy (non-hydrogen) atoms. The maximum atomic E-state index is 12.4. The Morgan fingerprint density at radius 2 is 2.40 bits per heavy atom. The van der Waals surface area contributed by atoms with Gasteiger partial charge in [0.1, 0.15) is 0 Å². The van der Waals surface area contributed by atoms with E-state index in [1.165, 1.54) is 0 Å². The molecule has 2 rings (SSSR count). The maximum Gasteiger partial charge on any atom is 0.254 e. The largest absolute Gasteiger partial charge is 0.475 e. The minimum absolute atomic E-state index is 0.0698. The molecule has 0 unspecified atom stereocenters. The van der Waals surface area contributed by atoms with Crippen LogP contribution in [0.1, 0.15) is 44.0 Å². The molecule has 0 aliphatic carbocycles. The zero-order valence-corrected chi connectivity index (χ0v) is 12.3. The Bertz CT molecular complexity index is 488. The van der Waals surface area contributed by atoms with Gasteiger partial charge in [-0.05, 0) is 32.8 Å². The van der Waals surface area contributed by atoms with E-state index in [2.05, 4.69) is 4.98 Å². The molecule has 1 amide bonds. The van der Waals surface area contributed by atoms with Crippen molar-refractivity contribution < 1.29 is 14.6 Å². The van der Waals surface area contributed by atoms with E-state index in [9.17, 15) is 9.90 Å². The van der Waals surface area contributed by atoms with Gasteiger partial charge in [0, 0.05) is 30.9 Å². The Labute approximate surface area is 119 Å². The van der Waals surface area contributed by atoms with Crippen LogP contribution in [0.3, 0.4) is 0 Å². The minimum atomic E-state index is -0.779. The van der Waals surface area contributed by atoms with Crippen LogP contribution in [0.5, 0.6) is 5.88 Å². The molecule has 0 bridgehead atoms. The highest BCUT2D eigenvalue weighted by Crippen LogP contribution is 2.23. The Morgan fingerprint density at radius 3 is 3.00 bits per heavy atom. The monoisotopic (exact) mass is 278 g/mol. The molecule has 0 saturated carbocycles. The number of aromatic nitrogens is 1. The molecule has 5 heteroatoms. The third-order valence-electron chi connectivity index (χ3n) is 3.62. The van der Waals surface area contributed by atoms with Crippen molar-refractivity contribution in [3.05, 3.63) is 23.9 Å². The lowest BCUT2D eigenvalue weighted by Crippen LogP contribution is -2.33. The predicted octanol–water partition coefficient (Wildman–Crippen LogP) is 1.86. The molecule has 5 nitrogen and oxygen atoms in total. The molecule has 1 saturated heterocycles. The summed E-state index contributed by atoms with van der Waals surface area (Å²) in [6.45, 7) is 6.70. The summed E-state index contributed by atoms with van der Waals surface area (Å²) in [5.74, 6) is 0.385. The third kappa shape index (κ3) is 3.48. The summed E-state index contributed by atoms with van der Waals surface area (Å²) < 4.78 is 5.63. The molecular weight excluding hydrogens is 256 g/mol. The number of rotatable bonds is 4. The SMILES string of the molecule is CC[C@@H](C)Oc1cc(C(=O)N2CC[C@](C)(O)C2)ccn1. The van der Waals surface area contributed by atoms with E-state index in [0.717, 1.165) is 6.42 Å². The van der Waals surface area contributed by atoms with Crippen molar-refractivity contribution in [1.29, 1.82) is 0 Å². The molecule has 110 valence electrons. The van der Waals surface area contributed by atoms with E-state index in [-0.39, 0.29) is 12.0 Å². The number of ether oxygens (including phenoxy) is 1. The fourth-order valence-electron chi connectivity index (χ4n) is 2.20. The van der Waals surface area contributed by atoms with Crippen LogP contribution in [0.4, 0.5) is 0 Å². The van der Waals surface area contributed by atoms with Crippen molar-refractivity contribution in [2.24, 2.45) is 0 Å². The van der Waals surface area contributed by atoms with Crippen LogP contribution in [0.25, 0.3) is 0 Å². The number of hydrogen-bond donors (Lipinski definition) is 1. The standard InChI is InChI=1S/C15H22N2O3/c1-4-11(2)20-13-9-12(5-7-16-13)14(18)17-8-6-15(3,19)10-17/h5,7,9,11,19H,4,6,8,10H2,1-3H3/t11-,15+/m1/s1. The van der Waals surface area contributed by atoms with Crippen molar-refractivity contribution in [2.75, 3.05) is 13.1 Å². The fourth-order valence-corrected chi connectivity index (χ4v) is 2.20. The van der Waals surface area contributed by atoms with E-state index in [4.69, 9.17) is 4.74 Å². The van der Waals surface area contributed by atoms with E-state index in [1.807, 2.05) is 13.8 Å². The van der Waals surface area contributed by atoms with Gasteiger partial charge in [-0.2, -0.15) is 0 Å². The van der Waals surface area contributed by atoms with Crippen molar-refractivity contribution in [3.63, 3.8) is 0 Å². The molecule has 2 heterocycles. The fraction of sp³-hybridized carbons (Fsp3) is 0.600. The van der Waals surface area contributed by atoms with Gasteiger partial charge in [0.2, 0.25) is 5.88 Å². The van der Waals surface area contributed by atoms with E-state index in [1.54, 1.807) is 30.2 Å². The number of pyridine rings is 1. The van der Waals surface area contributed by atoms with Gasteiger partial charge in [0.15, 0.2) is 0 Å². The predicted molar refractivity (Wildman–Crippen MR) is 75.8 cm³/mol. The lowest BCUT2D eigenvalue weighted by molar-refractivity contribution is 0.0572. The highest BCUT2D eigenvalue weighted by atomic mass is 16.5. The molecule has 1 fully saturated rings. The lowest BCUT2D eigenvalue weighted by Gasteiger charge is -2.19. The molecule has 2 atom stereocenters. The van der Waals surface area contributed by atoms with Crippen molar-refractivity contribution in [2.45, 2.75) is 45.3 Å². The van der Waals surface area contributed by atoms with Crippen LogP contribution in [-0.4, -0.2) is 45.7 Å². The second kappa shape index (κ2) is 5.79. The molecule has 1 N–H and O–H groups in total. The Kier molecular flexibility index (Phi) is 4.28. The molecule has 1 aromatic rings. The summed E-state index contributed by atoms with van der Waals surface area (Å²) in [7, 11) is 0. The average Bonchev–Trinajstić information content (AvgIpc) is 2.78. The minimum Gasteiger partial charge on any atom is -0.475 e. The number of likely N-dealkylation sites (tertiary alicyclic amines) is 1. The van der Waals surface area contributed by atoms with Crippen molar-refractivity contribution in [3.8, 4) is 5.88 Å². The zero-order chi connectivity index (χ0) is 14.8. The summed E-state index contributed by atoms with van der Waals surface area (Å²) in [5, 5.41) is 9.94. The molecule has 0 radical (unpaired) electrons. The quantitative estimate of drug-likeness (QED) is 0.913. The van der Waals surface area contributed by atoms with Crippen LogP contribution in [-0.2, 0) is 0 Å². The summed E-state index contributed by atoms with van der Waals surface area (Å²) >= 11 is 0. The second-order valence-electron chi connectivity index (χ2n) is 5.69. The molecule has 1 aliphatic heterocycles. The number of amides is 1. The number of carbonyl (C=O) groups is 1. The number of β-amino-alcohol motifs (C(OH)–C–C–N with tert-alkyl or cyclic N) is 1. The van der Waals surface area contributed by atoms with Gasteiger partial charge >= 0.3 is 0 Å². The van der Waals surface area contributed by atoms with E-state index >= 15 is 0 Å². The second-order valence-corrected chi connectivity index (χ2v) is 5.69. The maximum absolute atomic E-state index is 12.4. The first-order valence-corrected chi connectivity index (χ1v) is 7.05. The summed E-state index contributed by atoms with van der Waals surface area (Å²) in [5.41, 5.74) is -0.227. The molecule has 1 aromatic heterocycles. The van der Waals surface area contributed by atoms with Gasteiger partial charge in [0.25, 0.3) is 5.91 Å². The van der Waals surface area contributed by atoms with Crippen molar-refractivity contribution in [1.82, 2.24) is 9.88 Å². The van der Waals surface area contributed by atoms with Gasteiger partial charge in [-0.3, -0.25) is 4.79 Å². The molecule has 0 spiro atoms. The lowest BCUT2D eigenvalue weighted by atomic mass is 10.1. The van der Waals surface area contributed by atoms with Gasteiger partial charge in [-0.25, -0.2) is 4.98 Å². The van der Waals surface area contributed by atoms with Crippen LogP contribution in [0.15, 0.2) is 18.3 Å². The Hall–Kier alpha value is -1.62. The Balaban J connectivity index is 2.09. The van der Waals surface area contributed by atoms with Crippen LogP contribution in [0.2, 0.25) is 0 Å². The van der Waals surface area contributed by atoms with Crippen LogP contribution < -0.4 is 4.74 Å². The van der Waals surface area contributed by atoms with Gasteiger partial charge in [-0.15, -0.1) is 0 Å². The van der Waals surface area contributed by atoms with Crippen LogP contribution in [0, 0.1) is 0 Å². The van der Waals surface area contributed by atoms with Crippen molar-refractivity contribution >= 4 is 5.91 Å². The number of carbonyl (C=O) groups excluding carboxylic acids is 1. The summed E-state index contributed by atoms with van der Waals surface area (Å²) in [6.07, 6.45) is 3.15. The molecule has 1 aliphatic rings. The molecule has 0 aromatic carbocycles. The first-order valence-electron chi connectivity index (χ1n) is 7.05.